The van der Waals surface area contributed by atoms with E-state index in [-0.39, 0.29) is 11.8 Å². The Bertz CT molecular complexity index is 652. The number of rotatable bonds is 4. The fourth-order valence-corrected chi connectivity index (χ4v) is 1.96. The zero-order valence-electron chi connectivity index (χ0n) is 10.9. The molecule has 4 nitrogen and oxygen atoms in total. The largest absolute Gasteiger partial charge is 0.463 e. The highest BCUT2D eigenvalue weighted by Crippen LogP contribution is 2.23. The summed E-state index contributed by atoms with van der Waals surface area (Å²) in [6, 6.07) is 5.61. The number of nitrogens with one attached hydrogen (secondary N) is 1. The molecule has 0 unspecified atom stereocenters. The Balaban J connectivity index is 2.40. The third kappa shape index (κ3) is 2.73. The van der Waals surface area contributed by atoms with Crippen LogP contribution in [0.3, 0.4) is 0 Å². The molecule has 0 spiro atoms. The fraction of sp³-hybridized carbons (Fsp3) is 0.200. The van der Waals surface area contributed by atoms with Crippen LogP contribution in [0.4, 0.5) is 0 Å². The van der Waals surface area contributed by atoms with Crippen LogP contribution in [-0.2, 0) is 9.53 Å². The Morgan fingerprint density at radius 1 is 1.37 bits per heavy atom. The van der Waals surface area contributed by atoms with Gasteiger partial charge < -0.3 is 9.72 Å². The maximum absolute atomic E-state index is 11.5. The van der Waals surface area contributed by atoms with Crippen molar-refractivity contribution >= 4 is 28.7 Å². The van der Waals surface area contributed by atoms with Gasteiger partial charge in [0.05, 0.1) is 12.1 Å². The van der Waals surface area contributed by atoms with Crippen molar-refractivity contribution in [2.75, 3.05) is 6.61 Å². The van der Waals surface area contributed by atoms with E-state index >= 15 is 0 Å². The number of Topliss-reactive ketones (excluding diaryl/α,β-unsaturated/α-hetero) is 1. The molecule has 0 fully saturated rings. The molecule has 0 aliphatic rings. The molecule has 0 bridgehead atoms. The van der Waals surface area contributed by atoms with E-state index in [2.05, 4.69) is 4.98 Å². The highest BCUT2D eigenvalue weighted by Gasteiger charge is 2.09. The van der Waals surface area contributed by atoms with Gasteiger partial charge in [0.2, 0.25) is 0 Å². The number of aromatic amines is 1. The summed E-state index contributed by atoms with van der Waals surface area (Å²) in [7, 11) is 0. The van der Waals surface area contributed by atoms with Gasteiger partial charge in [0.25, 0.3) is 0 Å². The normalized spacial score (nSPS) is 11.1. The SMILES string of the molecule is CCOC(=O)/C=C/c1cccc2c(C(C)=O)c[nH]c12. The lowest BCUT2D eigenvalue weighted by Crippen LogP contribution is -1.98. The second kappa shape index (κ2) is 5.52. The smallest absolute Gasteiger partial charge is 0.330 e. The molecule has 1 heterocycles. The molecule has 0 radical (unpaired) electrons. The number of esters is 1. The van der Waals surface area contributed by atoms with Gasteiger partial charge in [-0.05, 0) is 25.5 Å². The number of fused-ring (bicyclic) bond motifs is 1. The van der Waals surface area contributed by atoms with E-state index in [1.54, 1.807) is 19.2 Å². The van der Waals surface area contributed by atoms with Gasteiger partial charge in [0, 0.05) is 23.2 Å². The maximum atomic E-state index is 11.5. The highest BCUT2D eigenvalue weighted by molar-refractivity contribution is 6.08. The van der Waals surface area contributed by atoms with E-state index in [0.717, 1.165) is 16.5 Å². The molecular weight excluding hydrogens is 242 g/mol. The minimum atomic E-state index is -0.377. The van der Waals surface area contributed by atoms with Gasteiger partial charge in [-0.1, -0.05) is 18.2 Å². The first kappa shape index (κ1) is 13.1. The molecule has 2 aromatic rings. The number of benzene rings is 1. The summed E-state index contributed by atoms with van der Waals surface area (Å²) in [6.07, 6.45) is 4.75. The Morgan fingerprint density at radius 2 is 2.16 bits per heavy atom. The maximum Gasteiger partial charge on any atom is 0.330 e. The molecule has 19 heavy (non-hydrogen) atoms. The van der Waals surface area contributed by atoms with Gasteiger partial charge in [-0.25, -0.2) is 4.79 Å². The van der Waals surface area contributed by atoms with Crippen LogP contribution in [0.25, 0.3) is 17.0 Å². The van der Waals surface area contributed by atoms with Crippen molar-refractivity contribution in [2.45, 2.75) is 13.8 Å². The first-order chi connectivity index (χ1) is 9.13. The molecule has 4 heteroatoms. The number of carbonyl (C=O) groups is 2. The minimum absolute atomic E-state index is 0.0118. The number of aromatic nitrogens is 1. The molecule has 1 aromatic carbocycles. The van der Waals surface area contributed by atoms with Crippen molar-refractivity contribution in [3.05, 3.63) is 41.6 Å². The average Bonchev–Trinajstić information content (AvgIpc) is 2.81. The molecule has 1 aromatic heterocycles. The van der Waals surface area contributed by atoms with Crippen LogP contribution in [0, 0.1) is 0 Å². The summed E-state index contributed by atoms with van der Waals surface area (Å²) >= 11 is 0. The summed E-state index contributed by atoms with van der Waals surface area (Å²) in [6.45, 7) is 3.64. The van der Waals surface area contributed by atoms with Crippen molar-refractivity contribution in [2.24, 2.45) is 0 Å². The number of ketones is 1. The molecule has 0 aliphatic heterocycles. The predicted molar refractivity (Wildman–Crippen MR) is 74.0 cm³/mol. The first-order valence-corrected chi connectivity index (χ1v) is 6.09. The van der Waals surface area contributed by atoms with Gasteiger partial charge in [-0.15, -0.1) is 0 Å². The van der Waals surface area contributed by atoms with Gasteiger partial charge in [0.15, 0.2) is 5.78 Å². The topological polar surface area (TPSA) is 59.2 Å². The van der Waals surface area contributed by atoms with Crippen LogP contribution < -0.4 is 0 Å². The van der Waals surface area contributed by atoms with E-state index in [1.165, 1.54) is 13.0 Å². The monoisotopic (exact) mass is 257 g/mol. The molecule has 0 atom stereocenters. The third-order valence-electron chi connectivity index (χ3n) is 2.81. The van der Waals surface area contributed by atoms with Crippen molar-refractivity contribution in [3.63, 3.8) is 0 Å². The average molecular weight is 257 g/mol. The standard InChI is InChI=1S/C15H15NO3/c1-3-19-14(18)8-7-11-5-4-6-12-13(10(2)17)9-16-15(11)12/h4-9,16H,3H2,1-2H3/b8-7+. The third-order valence-corrected chi connectivity index (χ3v) is 2.81. The molecule has 1 N–H and O–H groups in total. The number of hydrogen-bond acceptors (Lipinski definition) is 3. The van der Waals surface area contributed by atoms with Crippen LogP contribution in [-0.4, -0.2) is 23.3 Å². The lowest BCUT2D eigenvalue weighted by atomic mass is 10.1. The molecule has 0 aliphatic carbocycles. The Hall–Kier alpha value is -2.36. The van der Waals surface area contributed by atoms with Crippen molar-refractivity contribution < 1.29 is 14.3 Å². The van der Waals surface area contributed by atoms with Crippen molar-refractivity contribution in [1.29, 1.82) is 0 Å². The van der Waals surface area contributed by atoms with E-state index < -0.39 is 0 Å². The molecule has 0 saturated carbocycles. The highest BCUT2D eigenvalue weighted by atomic mass is 16.5. The Morgan fingerprint density at radius 3 is 2.84 bits per heavy atom. The van der Waals surface area contributed by atoms with Crippen LogP contribution in [0.2, 0.25) is 0 Å². The predicted octanol–water partition coefficient (Wildman–Crippen LogP) is 2.95. The number of H-pyrrole nitrogens is 1. The van der Waals surface area contributed by atoms with Crippen LogP contribution in [0.5, 0.6) is 0 Å². The number of hydrogen-bond donors (Lipinski definition) is 1. The van der Waals surface area contributed by atoms with Crippen LogP contribution in [0.1, 0.15) is 29.8 Å². The molecule has 0 amide bonds. The van der Waals surface area contributed by atoms with Crippen molar-refractivity contribution in [3.8, 4) is 0 Å². The summed E-state index contributed by atoms with van der Waals surface area (Å²) in [5.41, 5.74) is 2.34. The van der Waals surface area contributed by atoms with Gasteiger partial charge in [-0.3, -0.25) is 4.79 Å². The summed E-state index contributed by atoms with van der Waals surface area (Å²) in [5.74, 6) is -0.365. The lowest BCUT2D eigenvalue weighted by molar-refractivity contribution is -0.137. The lowest BCUT2D eigenvalue weighted by Gasteiger charge is -1.98. The zero-order valence-corrected chi connectivity index (χ0v) is 10.9. The quantitative estimate of drug-likeness (QED) is 0.520. The first-order valence-electron chi connectivity index (χ1n) is 6.09. The van der Waals surface area contributed by atoms with Crippen LogP contribution >= 0.6 is 0 Å². The number of para-hydroxylation sites is 1. The van der Waals surface area contributed by atoms with Crippen LogP contribution in [0.15, 0.2) is 30.5 Å². The Kier molecular flexibility index (Phi) is 3.80. The number of carbonyl (C=O) groups excluding carboxylic acids is 2. The minimum Gasteiger partial charge on any atom is -0.463 e. The number of ether oxygens (including phenoxy) is 1. The summed E-state index contributed by atoms with van der Waals surface area (Å²) < 4.78 is 4.83. The van der Waals surface area contributed by atoms with E-state index in [9.17, 15) is 9.59 Å². The molecule has 2 rings (SSSR count). The van der Waals surface area contributed by atoms with Gasteiger partial charge in [-0.2, -0.15) is 0 Å². The van der Waals surface area contributed by atoms with Crippen molar-refractivity contribution in [1.82, 2.24) is 4.98 Å². The van der Waals surface area contributed by atoms with Gasteiger partial charge >= 0.3 is 5.97 Å². The fourth-order valence-electron chi connectivity index (χ4n) is 1.96. The second-order valence-electron chi connectivity index (χ2n) is 4.11. The Labute approximate surface area is 111 Å². The molecular formula is C15H15NO3. The molecule has 0 saturated heterocycles. The van der Waals surface area contributed by atoms with Gasteiger partial charge in [0.1, 0.15) is 0 Å². The van der Waals surface area contributed by atoms with E-state index in [4.69, 9.17) is 4.74 Å². The van der Waals surface area contributed by atoms with E-state index in [0.29, 0.717) is 12.2 Å². The summed E-state index contributed by atoms with van der Waals surface area (Å²) in [4.78, 5) is 25.8. The van der Waals surface area contributed by atoms with E-state index in [1.807, 2.05) is 18.2 Å². The summed E-state index contributed by atoms with van der Waals surface area (Å²) in [5, 5.41) is 0.860. The molecule has 98 valence electrons. The second-order valence-corrected chi connectivity index (χ2v) is 4.11. The zero-order chi connectivity index (χ0) is 13.8.